The summed E-state index contributed by atoms with van der Waals surface area (Å²) in [5, 5.41) is 29.4. The molecule has 2 heterocycles. The van der Waals surface area contributed by atoms with Crippen LogP contribution in [0.15, 0.2) is 41.0 Å². The van der Waals surface area contributed by atoms with Gasteiger partial charge in [0.25, 0.3) is 0 Å². The smallest absolute Gasteiger partial charge is 0.147 e. The highest BCUT2D eigenvalue weighted by Crippen LogP contribution is 2.33. The number of piperidine rings is 1. The molecular formula is C19H18BrClFN3O3. The number of β-amino-alcohol motifs (C(OH)–C–C–N with tert-alkyl or cyclic N) is 1. The van der Waals surface area contributed by atoms with Gasteiger partial charge in [0.1, 0.15) is 29.9 Å². The first-order valence-electron chi connectivity index (χ1n) is 8.72. The van der Waals surface area contributed by atoms with Crippen molar-refractivity contribution in [2.24, 2.45) is 0 Å². The Kier molecular flexibility index (Phi) is 5.22. The van der Waals surface area contributed by atoms with E-state index < -0.39 is 11.7 Å². The molecule has 3 aromatic rings. The van der Waals surface area contributed by atoms with E-state index in [9.17, 15) is 14.6 Å². The highest BCUT2D eigenvalue weighted by molar-refractivity contribution is 9.10. The van der Waals surface area contributed by atoms with E-state index in [2.05, 4.69) is 26.1 Å². The van der Waals surface area contributed by atoms with E-state index in [0.717, 1.165) is 0 Å². The van der Waals surface area contributed by atoms with E-state index in [1.807, 2.05) is 0 Å². The van der Waals surface area contributed by atoms with Crippen molar-refractivity contribution in [3.8, 4) is 5.75 Å². The van der Waals surface area contributed by atoms with Gasteiger partial charge in [0.15, 0.2) is 0 Å². The molecule has 1 aliphatic rings. The van der Waals surface area contributed by atoms with Gasteiger partial charge in [0.2, 0.25) is 0 Å². The lowest BCUT2D eigenvalue weighted by Crippen LogP contribution is -2.58. The summed E-state index contributed by atoms with van der Waals surface area (Å²) in [6, 6.07) is 8.14. The van der Waals surface area contributed by atoms with Crippen molar-refractivity contribution in [1.82, 2.24) is 10.2 Å². The standard InChI is InChI=1S/C19H18BrClFN3O3/c20-11-1-3-15(14(22)7-11)25-6-5-19(27,17(26)9-25)10-28-16-4-2-13(21)18-12(16)8-23-24-18/h1-4,7-8,17,26-27H,5-6,9-10H2,(H,23,24)/t17-,19-/m1/s1. The van der Waals surface area contributed by atoms with Crippen LogP contribution in [-0.4, -0.2) is 51.8 Å². The summed E-state index contributed by atoms with van der Waals surface area (Å²) in [4.78, 5) is 1.72. The molecule has 3 N–H and O–H groups in total. The third-order valence-electron chi connectivity index (χ3n) is 5.08. The van der Waals surface area contributed by atoms with Gasteiger partial charge in [-0.15, -0.1) is 0 Å². The van der Waals surface area contributed by atoms with Crippen molar-refractivity contribution in [2.45, 2.75) is 18.1 Å². The van der Waals surface area contributed by atoms with Crippen LogP contribution >= 0.6 is 27.5 Å². The second kappa shape index (κ2) is 7.51. The first-order valence-corrected chi connectivity index (χ1v) is 9.89. The molecule has 0 saturated carbocycles. The average molecular weight is 471 g/mol. The Bertz CT molecular complexity index is 1020. The molecule has 28 heavy (non-hydrogen) atoms. The molecule has 2 atom stereocenters. The lowest BCUT2D eigenvalue weighted by Gasteiger charge is -2.42. The Balaban J connectivity index is 1.47. The Morgan fingerprint density at radius 2 is 2.21 bits per heavy atom. The number of hydrogen-bond donors (Lipinski definition) is 3. The van der Waals surface area contributed by atoms with Crippen molar-refractivity contribution < 1.29 is 19.3 Å². The summed E-state index contributed by atoms with van der Waals surface area (Å²) in [5.74, 6) is 0.127. The third-order valence-corrected chi connectivity index (χ3v) is 5.89. The number of aliphatic hydroxyl groups excluding tert-OH is 1. The molecule has 1 aliphatic heterocycles. The van der Waals surface area contributed by atoms with Crippen molar-refractivity contribution >= 4 is 44.1 Å². The van der Waals surface area contributed by atoms with E-state index in [1.54, 1.807) is 35.4 Å². The number of benzene rings is 2. The van der Waals surface area contributed by atoms with Crippen molar-refractivity contribution in [1.29, 1.82) is 0 Å². The molecule has 1 saturated heterocycles. The fraction of sp³-hybridized carbons (Fsp3) is 0.316. The topological polar surface area (TPSA) is 81.6 Å². The van der Waals surface area contributed by atoms with Crippen LogP contribution < -0.4 is 9.64 Å². The van der Waals surface area contributed by atoms with Gasteiger partial charge in [-0.3, -0.25) is 5.10 Å². The van der Waals surface area contributed by atoms with E-state index in [4.69, 9.17) is 16.3 Å². The lowest BCUT2D eigenvalue weighted by atomic mass is 9.89. The number of aliphatic hydroxyl groups is 2. The lowest BCUT2D eigenvalue weighted by molar-refractivity contribution is -0.108. The second-order valence-electron chi connectivity index (χ2n) is 6.90. The molecule has 0 bridgehead atoms. The minimum absolute atomic E-state index is 0.0974. The molecule has 0 spiro atoms. The second-order valence-corrected chi connectivity index (χ2v) is 8.23. The van der Waals surface area contributed by atoms with Gasteiger partial charge >= 0.3 is 0 Å². The molecule has 0 unspecified atom stereocenters. The van der Waals surface area contributed by atoms with Crippen LogP contribution in [-0.2, 0) is 0 Å². The number of halogens is 3. The molecule has 2 aromatic carbocycles. The highest BCUT2D eigenvalue weighted by Gasteiger charge is 2.42. The minimum Gasteiger partial charge on any atom is -0.490 e. The summed E-state index contributed by atoms with van der Waals surface area (Å²) in [5.41, 5.74) is -0.409. The average Bonchev–Trinajstić information content (AvgIpc) is 3.15. The third kappa shape index (κ3) is 3.57. The molecule has 0 amide bonds. The van der Waals surface area contributed by atoms with Gasteiger partial charge in [-0.05, 0) is 36.8 Å². The first kappa shape index (κ1) is 19.4. The maximum atomic E-state index is 14.2. The molecular weight excluding hydrogens is 453 g/mol. The van der Waals surface area contributed by atoms with E-state index >= 15 is 0 Å². The molecule has 6 nitrogen and oxygen atoms in total. The van der Waals surface area contributed by atoms with Gasteiger partial charge in [0.05, 0.1) is 27.8 Å². The normalized spacial score (nSPS) is 22.6. The number of anilines is 1. The minimum atomic E-state index is -1.45. The maximum absolute atomic E-state index is 14.2. The zero-order valence-corrected chi connectivity index (χ0v) is 17.0. The van der Waals surface area contributed by atoms with Gasteiger partial charge in [-0.25, -0.2) is 4.39 Å². The van der Waals surface area contributed by atoms with Gasteiger partial charge in [0, 0.05) is 17.6 Å². The number of hydrogen-bond acceptors (Lipinski definition) is 5. The molecule has 1 aromatic heterocycles. The van der Waals surface area contributed by atoms with Crippen LogP contribution in [0.4, 0.5) is 10.1 Å². The predicted molar refractivity (Wildman–Crippen MR) is 108 cm³/mol. The van der Waals surface area contributed by atoms with Gasteiger partial charge in [-0.1, -0.05) is 27.5 Å². The number of rotatable bonds is 4. The van der Waals surface area contributed by atoms with E-state index in [0.29, 0.717) is 38.4 Å². The molecule has 9 heteroatoms. The number of aromatic nitrogens is 2. The molecule has 4 rings (SSSR count). The zero-order chi connectivity index (χ0) is 19.9. The Hall–Kier alpha value is -1.87. The summed E-state index contributed by atoms with van der Waals surface area (Å²) in [7, 11) is 0. The zero-order valence-electron chi connectivity index (χ0n) is 14.7. The molecule has 148 valence electrons. The summed E-state index contributed by atoms with van der Waals surface area (Å²) in [6.45, 7) is 0.379. The predicted octanol–water partition coefficient (Wildman–Crippen LogP) is 3.50. The number of nitrogens with one attached hydrogen (secondary N) is 1. The maximum Gasteiger partial charge on any atom is 0.147 e. The Labute approximate surface area is 174 Å². The summed E-state index contributed by atoms with van der Waals surface area (Å²) < 4.78 is 20.7. The van der Waals surface area contributed by atoms with Gasteiger partial charge < -0.3 is 19.8 Å². The number of ether oxygens (including phenoxy) is 1. The quantitative estimate of drug-likeness (QED) is 0.544. The van der Waals surface area contributed by atoms with Crippen LogP contribution in [0.1, 0.15) is 6.42 Å². The summed E-state index contributed by atoms with van der Waals surface area (Å²) in [6.07, 6.45) is 0.721. The van der Waals surface area contributed by atoms with Gasteiger partial charge in [-0.2, -0.15) is 5.10 Å². The summed E-state index contributed by atoms with van der Waals surface area (Å²) >= 11 is 9.34. The highest BCUT2D eigenvalue weighted by atomic mass is 79.9. The fourth-order valence-corrected chi connectivity index (χ4v) is 3.94. The molecule has 0 radical (unpaired) electrons. The largest absolute Gasteiger partial charge is 0.490 e. The number of H-pyrrole nitrogens is 1. The van der Waals surface area contributed by atoms with Crippen LogP contribution in [0.5, 0.6) is 5.75 Å². The SMILES string of the molecule is O[C@@H]1CN(c2ccc(Br)cc2F)CC[C@@]1(O)COc1ccc(Cl)c2[nH]ncc12. The van der Waals surface area contributed by atoms with Crippen LogP contribution in [0, 0.1) is 5.82 Å². The number of fused-ring (bicyclic) bond motifs is 1. The van der Waals surface area contributed by atoms with E-state index in [-0.39, 0.29) is 25.4 Å². The van der Waals surface area contributed by atoms with E-state index in [1.165, 1.54) is 6.07 Å². The van der Waals surface area contributed by atoms with Crippen molar-refractivity contribution in [2.75, 3.05) is 24.6 Å². The monoisotopic (exact) mass is 469 g/mol. The molecule has 0 aliphatic carbocycles. The van der Waals surface area contributed by atoms with Crippen LogP contribution in [0.2, 0.25) is 5.02 Å². The first-order chi connectivity index (χ1) is 13.4. The molecule has 1 fully saturated rings. The number of aromatic amines is 1. The van der Waals surface area contributed by atoms with Crippen LogP contribution in [0.25, 0.3) is 10.9 Å². The number of nitrogens with zero attached hydrogens (tertiary/aromatic N) is 2. The Morgan fingerprint density at radius 3 is 2.96 bits per heavy atom. The fourth-order valence-electron chi connectivity index (χ4n) is 3.40. The Morgan fingerprint density at radius 1 is 1.39 bits per heavy atom. The van der Waals surface area contributed by atoms with Crippen molar-refractivity contribution in [3.63, 3.8) is 0 Å². The van der Waals surface area contributed by atoms with Crippen molar-refractivity contribution in [3.05, 3.63) is 51.8 Å². The van der Waals surface area contributed by atoms with Crippen LogP contribution in [0.3, 0.4) is 0 Å².